The number of benzene rings is 2. The van der Waals surface area contributed by atoms with Crippen LogP contribution in [0.25, 0.3) is 0 Å². The van der Waals surface area contributed by atoms with Crippen molar-refractivity contribution in [2.45, 2.75) is 6.92 Å². The van der Waals surface area contributed by atoms with Gasteiger partial charge >= 0.3 is 6.09 Å². The molecule has 0 spiro atoms. The van der Waals surface area contributed by atoms with Crippen LogP contribution >= 0.6 is 11.6 Å². The Balaban J connectivity index is 2.03. The Morgan fingerprint density at radius 1 is 1.17 bits per heavy atom. The summed E-state index contributed by atoms with van der Waals surface area (Å²) in [6.45, 7) is 1.87. The van der Waals surface area contributed by atoms with Crippen molar-refractivity contribution in [1.82, 2.24) is 0 Å². The van der Waals surface area contributed by atoms with E-state index in [0.29, 0.717) is 16.5 Å². The molecule has 0 fully saturated rings. The van der Waals surface area contributed by atoms with Gasteiger partial charge in [-0.05, 0) is 42.8 Å². The van der Waals surface area contributed by atoms with Crippen LogP contribution in [0.5, 0.6) is 5.75 Å². The molecule has 2 rings (SSSR count). The van der Waals surface area contributed by atoms with E-state index in [-0.39, 0.29) is 0 Å². The monoisotopic (exact) mass is 261 g/mol. The Hall–Kier alpha value is -2.00. The van der Waals surface area contributed by atoms with Crippen molar-refractivity contribution in [3.63, 3.8) is 0 Å². The lowest BCUT2D eigenvalue weighted by Gasteiger charge is -2.09. The van der Waals surface area contributed by atoms with Gasteiger partial charge in [0.15, 0.2) is 0 Å². The summed E-state index contributed by atoms with van der Waals surface area (Å²) in [5, 5.41) is 3.30. The van der Waals surface area contributed by atoms with Crippen LogP contribution in [0.4, 0.5) is 10.5 Å². The van der Waals surface area contributed by atoms with E-state index in [0.717, 1.165) is 5.56 Å². The molecule has 0 aliphatic heterocycles. The molecule has 0 unspecified atom stereocenters. The molecule has 4 heteroatoms. The van der Waals surface area contributed by atoms with Gasteiger partial charge in [0.1, 0.15) is 5.75 Å². The van der Waals surface area contributed by atoms with Crippen molar-refractivity contribution in [3.05, 3.63) is 59.1 Å². The summed E-state index contributed by atoms with van der Waals surface area (Å²) in [6, 6.07) is 14.1. The van der Waals surface area contributed by atoms with Crippen molar-refractivity contribution in [2.24, 2.45) is 0 Å². The summed E-state index contributed by atoms with van der Waals surface area (Å²) in [6.07, 6.45) is -0.522. The summed E-state index contributed by atoms with van der Waals surface area (Å²) in [5.41, 5.74) is 1.56. The average molecular weight is 262 g/mol. The van der Waals surface area contributed by atoms with Gasteiger partial charge in [-0.3, -0.25) is 5.32 Å². The largest absolute Gasteiger partial charge is 0.417 e. The van der Waals surface area contributed by atoms with Crippen LogP contribution in [0.3, 0.4) is 0 Å². The summed E-state index contributed by atoms with van der Waals surface area (Å²) < 4.78 is 5.12. The Kier molecular flexibility index (Phi) is 3.85. The van der Waals surface area contributed by atoms with E-state index in [4.69, 9.17) is 16.3 Å². The van der Waals surface area contributed by atoms with Gasteiger partial charge in [-0.2, -0.15) is 0 Å². The van der Waals surface area contributed by atoms with Crippen LogP contribution in [0, 0.1) is 6.92 Å². The van der Waals surface area contributed by atoms with Gasteiger partial charge in [0.05, 0.1) is 0 Å². The molecule has 0 saturated heterocycles. The molecular formula is C14H12ClNO2. The zero-order valence-electron chi connectivity index (χ0n) is 9.81. The number of para-hydroxylation sites is 1. The standard InChI is InChI=1S/C14H12ClNO2/c1-10-9-11(15)7-8-13(10)16-14(17)18-12-5-3-2-4-6-12/h2-9H,1H3,(H,16,17). The highest BCUT2D eigenvalue weighted by Crippen LogP contribution is 2.20. The Labute approximate surface area is 110 Å². The lowest BCUT2D eigenvalue weighted by atomic mass is 10.2. The van der Waals surface area contributed by atoms with Crippen molar-refractivity contribution in [2.75, 3.05) is 5.32 Å². The maximum Gasteiger partial charge on any atom is 0.417 e. The SMILES string of the molecule is Cc1cc(Cl)ccc1NC(=O)Oc1ccccc1. The van der Waals surface area contributed by atoms with Crippen LogP contribution in [-0.2, 0) is 0 Å². The summed E-state index contributed by atoms with van der Waals surface area (Å²) in [7, 11) is 0. The van der Waals surface area contributed by atoms with Crippen molar-refractivity contribution in [3.8, 4) is 5.75 Å². The number of hydrogen-bond donors (Lipinski definition) is 1. The molecular weight excluding hydrogens is 250 g/mol. The highest BCUT2D eigenvalue weighted by Gasteiger charge is 2.06. The first-order chi connectivity index (χ1) is 8.65. The van der Waals surface area contributed by atoms with E-state index in [1.165, 1.54) is 0 Å². The fourth-order valence-corrected chi connectivity index (χ4v) is 1.73. The number of rotatable bonds is 2. The zero-order chi connectivity index (χ0) is 13.0. The number of halogens is 1. The lowest BCUT2D eigenvalue weighted by Crippen LogP contribution is -2.17. The molecule has 3 nitrogen and oxygen atoms in total. The minimum atomic E-state index is -0.522. The van der Waals surface area contributed by atoms with E-state index in [9.17, 15) is 4.79 Å². The fourth-order valence-electron chi connectivity index (χ4n) is 1.50. The summed E-state index contributed by atoms with van der Waals surface area (Å²) in [5.74, 6) is 0.501. The molecule has 0 radical (unpaired) electrons. The van der Waals surface area contributed by atoms with Gasteiger partial charge < -0.3 is 4.74 Å². The first kappa shape index (κ1) is 12.5. The summed E-state index contributed by atoms with van der Waals surface area (Å²) in [4.78, 5) is 11.7. The smallest absolute Gasteiger partial charge is 0.410 e. The second-order valence-corrected chi connectivity index (χ2v) is 4.22. The van der Waals surface area contributed by atoms with Crippen LogP contribution in [0.2, 0.25) is 5.02 Å². The minimum absolute atomic E-state index is 0.501. The van der Waals surface area contributed by atoms with Gasteiger partial charge in [0.2, 0.25) is 0 Å². The number of anilines is 1. The highest BCUT2D eigenvalue weighted by molar-refractivity contribution is 6.30. The maximum absolute atomic E-state index is 11.7. The van der Waals surface area contributed by atoms with Crippen molar-refractivity contribution >= 4 is 23.4 Å². The van der Waals surface area contributed by atoms with Crippen LogP contribution in [-0.4, -0.2) is 6.09 Å². The van der Waals surface area contributed by atoms with E-state index in [1.807, 2.05) is 13.0 Å². The van der Waals surface area contributed by atoms with Gasteiger partial charge in [0.25, 0.3) is 0 Å². The Morgan fingerprint density at radius 3 is 2.56 bits per heavy atom. The van der Waals surface area contributed by atoms with Crippen molar-refractivity contribution in [1.29, 1.82) is 0 Å². The average Bonchev–Trinajstić information content (AvgIpc) is 2.34. The quantitative estimate of drug-likeness (QED) is 0.877. The molecule has 0 aromatic heterocycles. The first-order valence-electron chi connectivity index (χ1n) is 5.45. The Morgan fingerprint density at radius 2 is 1.89 bits per heavy atom. The second kappa shape index (κ2) is 5.56. The van der Waals surface area contributed by atoms with Gasteiger partial charge in [-0.25, -0.2) is 4.79 Å². The summed E-state index contributed by atoms with van der Waals surface area (Å²) >= 11 is 5.84. The number of carbonyl (C=O) groups excluding carboxylic acids is 1. The number of ether oxygens (including phenoxy) is 1. The third kappa shape index (κ3) is 3.25. The number of nitrogens with one attached hydrogen (secondary N) is 1. The van der Waals surface area contributed by atoms with Crippen LogP contribution in [0.15, 0.2) is 48.5 Å². The topological polar surface area (TPSA) is 38.3 Å². The van der Waals surface area contributed by atoms with Gasteiger partial charge in [0, 0.05) is 10.7 Å². The van der Waals surface area contributed by atoms with Gasteiger partial charge in [-0.15, -0.1) is 0 Å². The molecule has 1 amide bonds. The molecule has 0 atom stereocenters. The molecule has 0 aliphatic carbocycles. The fraction of sp³-hybridized carbons (Fsp3) is 0.0714. The van der Waals surface area contributed by atoms with E-state index < -0.39 is 6.09 Å². The van der Waals surface area contributed by atoms with Crippen LogP contribution in [0.1, 0.15) is 5.56 Å². The normalized spacial score (nSPS) is 9.89. The maximum atomic E-state index is 11.7. The zero-order valence-corrected chi connectivity index (χ0v) is 10.6. The Bertz CT molecular complexity index is 555. The predicted octanol–water partition coefficient (Wildman–Crippen LogP) is 4.26. The lowest BCUT2D eigenvalue weighted by molar-refractivity contribution is 0.215. The first-order valence-corrected chi connectivity index (χ1v) is 5.83. The number of hydrogen-bond acceptors (Lipinski definition) is 2. The highest BCUT2D eigenvalue weighted by atomic mass is 35.5. The number of aryl methyl sites for hydroxylation is 1. The van der Waals surface area contributed by atoms with E-state index >= 15 is 0 Å². The molecule has 0 heterocycles. The molecule has 0 bridgehead atoms. The van der Waals surface area contributed by atoms with E-state index in [1.54, 1.807) is 42.5 Å². The number of amides is 1. The van der Waals surface area contributed by atoms with E-state index in [2.05, 4.69) is 5.32 Å². The molecule has 0 saturated carbocycles. The van der Waals surface area contributed by atoms with Crippen LogP contribution < -0.4 is 10.1 Å². The third-order valence-electron chi connectivity index (χ3n) is 2.38. The molecule has 1 N–H and O–H groups in total. The molecule has 2 aromatic carbocycles. The van der Waals surface area contributed by atoms with Gasteiger partial charge in [-0.1, -0.05) is 29.8 Å². The molecule has 2 aromatic rings. The predicted molar refractivity (Wildman–Crippen MR) is 72.3 cm³/mol. The van der Waals surface area contributed by atoms with Crippen molar-refractivity contribution < 1.29 is 9.53 Å². The molecule has 18 heavy (non-hydrogen) atoms. The second-order valence-electron chi connectivity index (χ2n) is 3.79. The molecule has 92 valence electrons. The molecule has 0 aliphatic rings. The minimum Gasteiger partial charge on any atom is -0.410 e. The third-order valence-corrected chi connectivity index (χ3v) is 2.61. The number of carbonyl (C=O) groups is 1.